The highest BCUT2D eigenvalue weighted by atomic mass is 16.5. The quantitative estimate of drug-likeness (QED) is 0.182. The van der Waals surface area contributed by atoms with Crippen LogP contribution >= 0.6 is 0 Å². The van der Waals surface area contributed by atoms with Gasteiger partial charge in [-0.2, -0.15) is 0 Å². The molecule has 0 aliphatic heterocycles. The molecule has 1 aromatic heterocycles. The van der Waals surface area contributed by atoms with Crippen LogP contribution in [0.25, 0.3) is 0 Å². The fraction of sp³-hybridized carbons (Fsp3) is 0.308. The summed E-state index contributed by atoms with van der Waals surface area (Å²) < 4.78 is 10.4. The molecular formula is C26H30N4O4. The zero-order valence-corrected chi connectivity index (χ0v) is 19.0. The van der Waals surface area contributed by atoms with Crippen molar-refractivity contribution in [2.24, 2.45) is 11.8 Å². The molecule has 4 atom stereocenters. The molecule has 1 aromatic carbocycles. The van der Waals surface area contributed by atoms with E-state index >= 15 is 0 Å². The van der Waals surface area contributed by atoms with E-state index in [0.717, 1.165) is 17.4 Å². The summed E-state index contributed by atoms with van der Waals surface area (Å²) in [4.78, 5) is 29.3. The Bertz CT molecular complexity index is 990. The largest absolute Gasteiger partial charge is 0.445 e. The molecule has 0 spiro atoms. The van der Waals surface area contributed by atoms with Crippen molar-refractivity contribution < 1.29 is 19.1 Å². The van der Waals surface area contributed by atoms with Gasteiger partial charge in [0.15, 0.2) is 0 Å². The molecule has 178 valence electrons. The molecule has 1 aliphatic carbocycles. The van der Waals surface area contributed by atoms with Gasteiger partial charge in [-0.1, -0.05) is 49.1 Å². The minimum atomic E-state index is -0.689. The second kappa shape index (κ2) is 11.9. The van der Waals surface area contributed by atoms with Crippen molar-refractivity contribution in [1.29, 1.82) is 5.41 Å². The molecule has 1 heterocycles. The first-order valence-corrected chi connectivity index (χ1v) is 11.1. The lowest BCUT2D eigenvalue weighted by Crippen LogP contribution is -2.51. The molecule has 1 aliphatic rings. The zero-order valence-electron chi connectivity index (χ0n) is 19.0. The van der Waals surface area contributed by atoms with Gasteiger partial charge >= 0.3 is 12.1 Å². The summed E-state index contributed by atoms with van der Waals surface area (Å²) in [6.45, 7) is 7.70. The van der Waals surface area contributed by atoms with Crippen molar-refractivity contribution in [3.63, 3.8) is 0 Å². The Kier molecular flexibility index (Phi) is 8.70. The maximum Gasteiger partial charge on any atom is 0.407 e. The number of esters is 1. The van der Waals surface area contributed by atoms with E-state index in [9.17, 15) is 9.59 Å². The number of hydrogen-bond acceptors (Lipinski definition) is 7. The first kappa shape index (κ1) is 24.9. The van der Waals surface area contributed by atoms with Crippen LogP contribution < -0.4 is 10.6 Å². The molecule has 0 saturated heterocycles. The summed E-state index contributed by atoms with van der Waals surface area (Å²) in [6, 6.07) is 12.4. The molecule has 3 N–H and O–H groups in total. The van der Waals surface area contributed by atoms with Crippen LogP contribution in [0.2, 0.25) is 0 Å². The van der Waals surface area contributed by atoms with E-state index in [0.29, 0.717) is 12.8 Å². The Balaban J connectivity index is 1.69. The van der Waals surface area contributed by atoms with Gasteiger partial charge in [-0.05, 0) is 36.0 Å². The highest BCUT2D eigenvalue weighted by Gasteiger charge is 2.57. The number of amides is 1. The smallest absolute Gasteiger partial charge is 0.407 e. The van der Waals surface area contributed by atoms with Crippen molar-refractivity contribution in [3.8, 4) is 0 Å². The van der Waals surface area contributed by atoms with E-state index in [4.69, 9.17) is 14.9 Å². The highest BCUT2D eigenvalue weighted by Crippen LogP contribution is 2.48. The van der Waals surface area contributed by atoms with Crippen molar-refractivity contribution in [3.05, 3.63) is 91.5 Å². The summed E-state index contributed by atoms with van der Waals surface area (Å²) in [5, 5.41) is 13.9. The van der Waals surface area contributed by atoms with Gasteiger partial charge in [0.1, 0.15) is 12.6 Å². The second-order valence-electron chi connectivity index (χ2n) is 8.24. The lowest BCUT2D eigenvalue weighted by Gasteiger charge is -2.24. The van der Waals surface area contributed by atoms with Crippen LogP contribution in [0.4, 0.5) is 4.79 Å². The van der Waals surface area contributed by atoms with Crippen LogP contribution in [-0.4, -0.2) is 41.4 Å². The normalized spacial score (nSPS) is 20.3. The predicted molar refractivity (Wildman–Crippen MR) is 129 cm³/mol. The number of alkyl carbamates (subject to hydrolysis) is 1. The standard InChI is InChI=1S/C26H30N4O4/c1-3-21(15-27)22-14-26(22,30-25(32)34-17-19-9-6-5-7-10-19)18-29-23(24(31)33-4-2)13-20-11-8-12-28-16-20/h3-12,15-16,21-23,27,29H,1-2,13-14,17-18H2,(H,30,32)/t21?,22-,23-,26?/m0/s1. The van der Waals surface area contributed by atoms with Gasteiger partial charge in [-0.25, -0.2) is 9.59 Å². The number of carbonyl (C=O) groups excluding carboxylic acids is 2. The fourth-order valence-corrected chi connectivity index (χ4v) is 4.00. The molecule has 1 fully saturated rings. The molecule has 8 heteroatoms. The van der Waals surface area contributed by atoms with Gasteiger partial charge in [0, 0.05) is 31.1 Å². The van der Waals surface area contributed by atoms with Gasteiger partial charge in [-0.3, -0.25) is 4.98 Å². The monoisotopic (exact) mass is 462 g/mol. The maximum atomic E-state index is 12.6. The van der Waals surface area contributed by atoms with Crippen LogP contribution in [0, 0.1) is 17.2 Å². The predicted octanol–water partition coefficient (Wildman–Crippen LogP) is 3.41. The molecule has 8 nitrogen and oxygen atoms in total. The van der Waals surface area contributed by atoms with Crippen LogP contribution in [0.1, 0.15) is 17.5 Å². The summed E-state index contributed by atoms with van der Waals surface area (Å²) in [5.41, 5.74) is 1.05. The van der Waals surface area contributed by atoms with Crippen LogP contribution in [0.3, 0.4) is 0 Å². The van der Waals surface area contributed by atoms with Crippen LogP contribution in [0.15, 0.2) is 80.4 Å². The van der Waals surface area contributed by atoms with E-state index in [1.54, 1.807) is 24.5 Å². The number of aromatic nitrogens is 1. The Labute approximate surface area is 199 Å². The molecule has 1 saturated carbocycles. The Morgan fingerprint density at radius 2 is 1.97 bits per heavy atom. The number of nitrogens with zero attached hydrogens (tertiary/aromatic N) is 1. The molecule has 0 bridgehead atoms. The number of pyridine rings is 1. The molecule has 0 radical (unpaired) electrons. The fourth-order valence-electron chi connectivity index (χ4n) is 4.00. The van der Waals surface area contributed by atoms with Crippen LogP contribution in [-0.2, 0) is 27.3 Å². The number of hydrogen-bond donors (Lipinski definition) is 3. The summed E-state index contributed by atoms with van der Waals surface area (Å²) >= 11 is 0. The number of rotatable bonds is 13. The number of nitrogens with one attached hydrogen (secondary N) is 3. The van der Waals surface area contributed by atoms with E-state index in [2.05, 4.69) is 28.8 Å². The first-order valence-electron chi connectivity index (χ1n) is 11.1. The van der Waals surface area contributed by atoms with E-state index in [1.165, 1.54) is 6.21 Å². The molecular weight excluding hydrogens is 432 g/mol. The third-order valence-corrected chi connectivity index (χ3v) is 5.94. The average Bonchev–Trinajstić information content (AvgIpc) is 3.55. The van der Waals surface area contributed by atoms with Crippen molar-refractivity contribution in [2.45, 2.75) is 31.0 Å². The second-order valence-corrected chi connectivity index (χ2v) is 8.24. The lowest BCUT2D eigenvalue weighted by atomic mass is 10.00. The topological polar surface area (TPSA) is 113 Å². The molecule has 3 rings (SSSR count). The maximum absolute atomic E-state index is 12.6. The van der Waals surface area contributed by atoms with E-state index < -0.39 is 23.6 Å². The molecule has 34 heavy (non-hydrogen) atoms. The number of allylic oxidation sites excluding steroid dienone is 1. The third-order valence-electron chi connectivity index (χ3n) is 5.94. The lowest BCUT2D eigenvalue weighted by molar-refractivity contribution is -0.140. The third kappa shape index (κ3) is 6.62. The molecule has 2 unspecified atom stereocenters. The summed E-state index contributed by atoms with van der Waals surface area (Å²) in [5.74, 6) is -0.743. The van der Waals surface area contributed by atoms with Crippen molar-refractivity contribution >= 4 is 18.3 Å². The number of carbonyl (C=O) groups is 2. The average molecular weight is 463 g/mol. The van der Waals surface area contributed by atoms with Gasteiger partial charge in [0.2, 0.25) is 0 Å². The molecule has 2 aromatic rings. The van der Waals surface area contributed by atoms with E-state index in [-0.39, 0.29) is 25.0 Å². The van der Waals surface area contributed by atoms with Crippen molar-refractivity contribution in [1.82, 2.24) is 15.6 Å². The van der Waals surface area contributed by atoms with Crippen molar-refractivity contribution in [2.75, 3.05) is 6.54 Å². The Morgan fingerprint density at radius 3 is 2.62 bits per heavy atom. The minimum absolute atomic E-state index is 0.0475. The first-order chi connectivity index (χ1) is 16.5. The van der Waals surface area contributed by atoms with Gasteiger partial charge < -0.3 is 25.5 Å². The summed E-state index contributed by atoms with van der Waals surface area (Å²) in [6.07, 6.45) is 7.86. The summed E-state index contributed by atoms with van der Waals surface area (Å²) in [7, 11) is 0. The Hall–Kier alpha value is -3.78. The molecule has 1 amide bonds. The SMILES string of the molecule is C=COC(=O)[C@H](Cc1cccnc1)NCC1(NC(=O)OCc2ccccc2)C[C@H]1C(C=C)C=N. The number of ether oxygens (including phenoxy) is 2. The van der Waals surface area contributed by atoms with Gasteiger partial charge in [0.25, 0.3) is 0 Å². The minimum Gasteiger partial charge on any atom is -0.445 e. The van der Waals surface area contributed by atoms with Gasteiger partial charge in [0.05, 0.1) is 11.8 Å². The van der Waals surface area contributed by atoms with Crippen LogP contribution in [0.5, 0.6) is 0 Å². The highest BCUT2D eigenvalue weighted by molar-refractivity contribution is 5.77. The van der Waals surface area contributed by atoms with E-state index in [1.807, 2.05) is 36.4 Å². The Morgan fingerprint density at radius 1 is 1.21 bits per heavy atom. The number of benzene rings is 1. The van der Waals surface area contributed by atoms with Gasteiger partial charge in [-0.15, -0.1) is 6.58 Å². The zero-order chi connectivity index (χ0) is 24.4.